The van der Waals surface area contributed by atoms with Gasteiger partial charge in [0.2, 0.25) is 5.91 Å². The number of anilines is 1. The largest absolute Gasteiger partial charge is 0.336 e. The molecule has 1 fully saturated rings. The van der Waals surface area contributed by atoms with Crippen molar-refractivity contribution in [3.63, 3.8) is 0 Å². The van der Waals surface area contributed by atoms with Gasteiger partial charge in [0.25, 0.3) is 5.91 Å². The lowest BCUT2D eigenvalue weighted by Gasteiger charge is -2.35. The lowest BCUT2D eigenvalue weighted by Crippen LogP contribution is -2.49. The number of amides is 2. The Morgan fingerprint density at radius 2 is 1.80 bits per heavy atom. The van der Waals surface area contributed by atoms with Crippen LogP contribution in [0.1, 0.15) is 40.4 Å². The van der Waals surface area contributed by atoms with Crippen LogP contribution in [0.2, 0.25) is 0 Å². The molecular formula is C23H26N4O3. The molecule has 2 aromatic carbocycles. The highest BCUT2D eigenvalue weighted by Crippen LogP contribution is 2.25. The summed E-state index contributed by atoms with van der Waals surface area (Å²) in [4.78, 5) is 39.8. The van der Waals surface area contributed by atoms with Gasteiger partial charge in [-0.25, -0.2) is 0 Å². The van der Waals surface area contributed by atoms with Gasteiger partial charge in [0.05, 0.1) is 0 Å². The zero-order valence-electron chi connectivity index (χ0n) is 16.9. The Kier molecular flexibility index (Phi) is 6.18. The Hall–Kier alpha value is -3.06. The maximum Gasteiger partial charge on any atom is 0.253 e. The first-order valence-electron chi connectivity index (χ1n) is 10.5. The van der Waals surface area contributed by atoms with Gasteiger partial charge in [-0.1, -0.05) is 35.5 Å². The summed E-state index contributed by atoms with van der Waals surface area (Å²) in [7, 11) is 0. The van der Waals surface area contributed by atoms with Crippen LogP contribution in [0.25, 0.3) is 0 Å². The molecule has 0 bridgehead atoms. The Morgan fingerprint density at radius 1 is 1.03 bits per heavy atom. The lowest BCUT2D eigenvalue weighted by atomic mass is 10.00. The van der Waals surface area contributed by atoms with Crippen molar-refractivity contribution in [2.45, 2.75) is 25.3 Å². The predicted molar refractivity (Wildman–Crippen MR) is 115 cm³/mol. The molecule has 0 aromatic heterocycles. The summed E-state index contributed by atoms with van der Waals surface area (Å²) in [6, 6.07) is 14.8. The Balaban J connectivity index is 1.29. The normalized spacial score (nSPS) is 17.7. The van der Waals surface area contributed by atoms with Crippen molar-refractivity contribution in [3.05, 3.63) is 70.1 Å². The molecule has 2 aliphatic rings. The monoisotopic (exact) mass is 406 g/mol. The smallest absolute Gasteiger partial charge is 0.253 e. The molecular weight excluding hydrogens is 380 g/mol. The standard InChI is InChI=1S/C23H26N4O3/c28-22-9-7-18-16-19(6-8-20(18)24-22)23(29)27-14-12-26(13-15-27)11-10-21(25-30)17-4-2-1-3-5-17/h1-6,8,16,21H,7,9-15H2,(H,24,28). The van der Waals surface area contributed by atoms with Gasteiger partial charge in [0.15, 0.2) is 0 Å². The second kappa shape index (κ2) is 9.17. The van der Waals surface area contributed by atoms with Gasteiger partial charge in [-0.15, -0.1) is 0 Å². The molecule has 4 rings (SSSR count). The van der Waals surface area contributed by atoms with Crippen LogP contribution in [-0.4, -0.2) is 54.3 Å². The minimum atomic E-state index is -0.332. The van der Waals surface area contributed by atoms with Crippen LogP contribution in [0.3, 0.4) is 0 Å². The fourth-order valence-electron chi connectivity index (χ4n) is 4.13. The maximum atomic E-state index is 12.9. The van der Waals surface area contributed by atoms with Crippen LogP contribution >= 0.6 is 0 Å². The number of hydrogen-bond donors (Lipinski definition) is 1. The molecule has 7 heteroatoms. The van der Waals surface area contributed by atoms with Crippen LogP contribution in [0.15, 0.2) is 53.7 Å². The average molecular weight is 406 g/mol. The summed E-state index contributed by atoms with van der Waals surface area (Å²) < 4.78 is 0. The lowest BCUT2D eigenvalue weighted by molar-refractivity contribution is -0.116. The van der Waals surface area contributed by atoms with Crippen molar-refractivity contribution >= 4 is 17.5 Å². The summed E-state index contributed by atoms with van der Waals surface area (Å²) in [5.74, 6) is 0.0584. The van der Waals surface area contributed by atoms with Gasteiger partial charge in [0.1, 0.15) is 6.04 Å². The van der Waals surface area contributed by atoms with E-state index in [1.54, 1.807) is 6.07 Å². The zero-order valence-corrected chi connectivity index (χ0v) is 16.9. The van der Waals surface area contributed by atoms with Gasteiger partial charge < -0.3 is 10.2 Å². The van der Waals surface area contributed by atoms with Gasteiger partial charge in [0, 0.05) is 50.4 Å². The highest BCUT2D eigenvalue weighted by molar-refractivity contribution is 5.98. The quantitative estimate of drug-likeness (QED) is 0.747. The third-order valence-electron chi connectivity index (χ3n) is 5.94. The fourth-order valence-corrected chi connectivity index (χ4v) is 4.13. The van der Waals surface area contributed by atoms with Crippen molar-refractivity contribution in [1.29, 1.82) is 0 Å². The fraction of sp³-hybridized carbons (Fsp3) is 0.391. The number of carbonyl (C=O) groups is 2. The summed E-state index contributed by atoms with van der Waals surface area (Å²) in [6.45, 7) is 3.68. The van der Waals surface area contributed by atoms with E-state index in [-0.39, 0.29) is 17.9 Å². The minimum Gasteiger partial charge on any atom is -0.336 e. The maximum absolute atomic E-state index is 12.9. The van der Waals surface area contributed by atoms with E-state index in [2.05, 4.69) is 15.4 Å². The van der Waals surface area contributed by atoms with E-state index < -0.39 is 0 Å². The summed E-state index contributed by atoms with van der Waals surface area (Å²) >= 11 is 0. The number of nitrogens with one attached hydrogen (secondary N) is 1. The van der Waals surface area contributed by atoms with Gasteiger partial charge >= 0.3 is 0 Å². The van der Waals surface area contributed by atoms with Crippen molar-refractivity contribution in [3.8, 4) is 0 Å². The number of rotatable bonds is 6. The van der Waals surface area contributed by atoms with E-state index in [4.69, 9.17) is 0 Å². The first kappa shape index (κ1) is 20.2. The summed E-state index contributed by atoms with van der Waals surface area (Å²) in [5.41, 5.74) is 3.45. The number of piperazine rings is 1. The third kappa shape index (κ3) is 4.57. The highest BCUT2D eigenvalue weighted by Gasteiger charge is 2.24. The summed E-state index contributed by atoms with van der Waals surface area (Å²) in [5, 5.41) is 6.15. The van der Waals surface area contributed by atoms with Gasteiger partial charge in [-0.05, 0) is 42.2 Å². The zero-order chi connectivity index (χ0) is 20.9. The van der Waals surface area contributed by atoms with Crippen molar-refractivity contribution < 1.29 is 9.59 Å². The predicted octanol–water partition coefficient (Wildman–Crippen LogP) is 3.23. The topological polar surface area (TPSA) is 82.1 Å². The summed E-state index contributed by atoms with van der Waals surface area (Å²) in [6.07, 6.45) is 1.81. The molecule has 1 N–H and O–H groups in total. The minimum absolute atomic E-state index is 0.0250. The van der Waals surface area contributed by atoms with E-state index in [0.29, 0.717) is 37.9 Å². The molecule has 1 saturated heterocycles. The number of fused-ring (bicyclic) bond motifs is 1. The van der Waals surface area contributed by atoms with Crippen LogP contribution < -0.4 is 5.32 Å². The van der Waals surface area contributed by atoms with Gasteiger partial charge in [-0.3, -0.25) is 14.5 Å². The Morgan fingerprint density at radius 3 is 2.53 bits per heavy atom. The van der Waals surface area contributed by atoms with Crippen LogP contribution in [0, 0.1) is 4.91 Å². The van der Waals surface area contributed by atoms with E-state index >= 15 is 0 Å². The molecule has 0 saturated carbocycles. The van der Waals surface area contributed by atoms with Crippen molar-refractivity contribution in [2.75, 3.05) is 38.0 Å². The molecule has 2 aliphatic heterocycles. The van der Waals surface area contributed by atoms with Crippen molar-refractivity contribution in [2.24, 2.45) is 5.18 Å². The molecule has 156 valence electrons. The van der Waals surface area contributed by atoms with Crippen LogP contribution in [-0.2, 0) is 11.2 Å². The second-order valence-corrected chi connectivity index (χ2v) is 7.87. The second-order valence-electron chi connectivity index (χ2n) is 7.87. The van der Waals surface area contributed by atoms with Crippen LogP contribution in [0.4, 0.5) is 5.69 Å². The molecule has 1 unspecified atom stereocenters. The Bertz CT molecular complexity index is 923. The molecule has 2 aromatic rings. The first-order valence-corrected chi connectivity index (χ1v) is 10.5. The number of hydrogen-bond acceptors (Lipinski definition) is 5. The number of aryl methyl sites for hydroxylation is 1. The molecule has 30 heavy (non-hydrogen) atoms. The Labute approximate surface area is 176 Å². The number of nitrogens with zero attached hydrogens (tertiary/aromatic N) is 3. The van der Waals surface area contributed by atoms with Gasteiger partial charge in [-0.2, -0.15) is 4.91 Å². The molecule has 0 radical (unpaired) electrons. The third-order valence-corrected chi connectivity index (χ3v) is 5.94. The van der Waals surface area contributed by atoms with E-state index in [9.17, 15) is 14.5 Å². The van der Waals surface area contributed by atoms with E-state index in [1.807, 2.05) is 47.4 Å². The average Bonchev–Trinajstić information content (AvgIpc) is 2.80. The molecule has 2 heterocycles. The van der Waals surface area contributed by atoms with E-state index in [0.717, 1.165) is 36.4 Å². The molecule has 7 nitrogen and oxygen atoms in total. The molecule has 2 amide bonds. The molecule has 1 atom stereocenters. The SMILES string of the molecule is O=NC(CCN1CCN(C(=O)c2ccc3c(c2)CCC(=O)N3)CC1)c1ccccc1. The van der Waals surface area contributed by atoms with E-state index in [1.165, 1.54) is 0 Å². The first-order chi connectivity index (χ1) is 14.6. The number of nitroso groups, excluding NO2 is 1. The highest BCUT2D eigenvalue weighted by atomic mass is 16.3. The molecule has 0 spiro atoms. The van der Waals surface area contributed by atoms with Crippen molar-refractivity contribution in [1.82, 2.24) is 9.80 Å². The van der Waals surface area contributed by atoms with Crippen LogP contribution in [0.5, 0.6) is 0 Å². The molecule has 0 aliphatic carbocycles. The number of benzene rings is 2. The number of carbonyl (C=O) groups excluding carboxylic acids is 2.